The predicted octanol–water partition coefficient (Wildman–Crippen LogP) is 5.21. The highest BCUT2D eigenvalue weighted by Crippen LogP contribution is 2.38. The van der Waals surface area contributed by atoms with Crippen LogP contribution in [0.3, 0.4) is 0 Å². The van der Waals surface area contributed by atoms with Crippen LogP contribution in [0.25, 0.3) is 22.3 Å². The molecule has 6 nitrogen and oxygen atoms in total. The molecule has 3 rings (SSSR count). The lowest BCUT2D eigenvalue weighted by molar-refractivity contribution is -0.141. The van der Waals surface area contributed by atoms with Crippen molar-refractivity contribution in [3.8, 4) is 17.1 Å². The van der Waals surface area contributed by atoms with Gasteiger partial charge in [-0.15, -0.1) is 0 Å². The van der Waals surface area contributed by atoms with E-state index in [2.05, 4.69) is 5.32 Å². The molecule has 0 unspecified atom stereocenters. The van der Waals surface area contributed by atoms with E-state index in [0.29, 0.717) is 0 Å². The van der Waals surface area contributed by atoms with E-state index in [9.17, 15) is 27.9 Å². The molecule has 0 saturated heterocycles. The largest absolute Gasteiger partial charge is 0.491 e. The normalized spacial score (nSPS) is 12.8. The lowest BCUT2D eigenvalue weighted by atomic mass is 10.1. The fourth-order valence-corrected chi connectivity index (χ4v) is 3.49. The summed E-state index contributed by atoms with van der Waals surface area (Å²) in [5.74, 6) is -1.43. The molecule has 0 saturated carbocycles. The van der Waals surface area contributed by atoms with Gasteiger partial charge in [0.25, 0.3) is 0 Å². The van der Waals surface area contributed by atoms with Gasteiger partial charge in [0.15, 0.2) is 11.0 Å². The first-order valence-corrected chi connectivity index (χ1v) is 10.4. The lowest BCUT2D eigenvalue weighted by Crippen LogP contribution is -2.42. The topological polar surface area (TPSA) is 88.8 Å². The van der Waals surface area contributed by atoms with Crippen molar-refractivity contribution in [1.82, 2.24) is 5.32 Å². The molecule has 10 heteroatoms. The van der Waals surface area contributed by atoms with E-state index in [4.69, 9.17) is 20.8 Å². The fraction of sp³-hybridized carbons (Fsp3) is 0.304. The lowest BCUT2D eigenvalue weighted by Gasteiger charge is -2.19. The van der Waals surface area contributed by atoms with Crippen molar-refractivity contribution in [3.63, 3.8) is 0 Å². The van der Waals surface area contributed by atoms with Gasteiger partial charge in [0.2, 0.25) is 0 Å². The molecule has 0 fully saturated rings. The Balaban J connectivity index is 1.96. The Labute approximate surface area is 191 Å². The summed E-state index contributed by atoms with van der Waals surface area (Å²) in [5, 5.41) is 12.4. The number of benzene rings is 2. The van der Waals surface area contributed by atoms with E-state index >= 15 is 0 Å². The summed E-state index contributed by atoms with van der Waals surface area (Å²) in [6.07, 6.45) is -4.62. The molecule has 2 N–H and O–H groups in total. The number of alkyl halides is 3. The molecule has 0 aliphatic rings. The van der Waals surface area contributed by atoms with Crippen molar-refractivity contribution >= 4 is 28.5 Å². The third-order valence-corrected chi connectivity index (χ3v) is 5.24. The number of carboxylic acids is 1. The van der Waals surface area contributed by atoms with Gasteiger partial charge in [-0.1, -0.05) is 31.5 Å². The molecule has 1 atom stereocenters. The average Bonchev–Trinajstić information content (AvgIpc) is 2.73. The number of fused-ring (bicyclic) bond motifs is 1. The fourth-order valence-electron chi connectivity index (χ4n) is 3.28. The van der Waals surface area contributed by atoms with Crippen molar-refractivity contribution in [2.45, 2.75) is 26.1 Å². The molecular weight excluding hydrogens is 463 g/mol. The molecule has 0 aliphatic heterocycles. The Kier molecular flexibility index (Phi) is 7.34. The van der Waals surface area contributed by atoms with Gasteiger partial charge in [0.1, 0.15) is 24.2 Å². The number of hydrogen-bond acceptors (Lipinski definition) is 5. The van der Waals surface area contributed by atoms with Crippen molar-refractivity contribution in [1.29, 1.82) is 0 Å². The number of carbonyl (C=O) groups is 1. The van der Waals surface area contributed by atoms with Gasteiger partial charge in [-0.2, -0.15) is 13.2 Å². The van der Waals surface area contributed by atoms with Crippen LogP contribution in [0, 0.1) is 5.92 Å². The average molecular weight is 484 g/mol. The number of aliphatic carboxylic acids is 1. The van der Waals surface area contributed by atoms with Crippen LogP contribution < -0.4 is 15.5 Å². The van der Waals surface area contributed by atoms with Crippen LogP contribution in [-0.4, -0.2) is 30.3 Å². The smallest absolute Gasteiger partial charge is 0.416 e. The molecule has 2 aromatic carbocycles. The molecule has 0 radical (unpaired) electrons. The second-order valence-corrected chi connectivity index (χ2v) is 8.07. The number of hydrogen-bond donors (Lipinski definition) is 2. The number of rotatable bonds is 8. The predicted molar refractivity (Wildman–Crippen MR) is 118 cm³/mol. The molecule has 33 heavy (non-hydrogen) atoms. The first-order chi connectivity index (χ1) is 15.5. The van der Waals surface area contributed by atoms with Crippen LogP contribution >= 0.6 is 11.6 Å². The zero-order valence-electron chi connectivity index (χ0n) is 17.7. The molecule has 1 heterocycles. The molecule has 3 aromatic rings. The number of para-hydroxylation sites is 1. The van der Waals surface area contributed by atoms with Crippen LogP contribution in [0.5, 0.6) is 5.75 Å². The van der Waals surface area contributed by atoms with Crippen LogP contribution in [0.4, 0.5) is 13.2 Å². The standard InChI is InChI=1S/C23H21ClF3NO5/c1-12(2)20(22(30)31)28-8-9-32-18-10-13(23(25,26)27)6-7-15(18)19-11-17(29)14-4-3-5-16(24)21(14)33-19/h3-7,10-12,20,28H,8-9H2,1-2H3,(H,30,31)/t20-/m0/s1. The Hall–Kier alpha value is -3.04. The van der Waals surface area contributed by atoms with E-state index in [1.807, 2.05) is 0 Å². The molecule has 0 spiro atoms. The number of ether oxygens (including phenoxy) is 1. The summed E-state index contributed by atoms with van der Waals surface area (Å²) in [6.45, 7) is 3.40. The SMILES string of the molecule is CC(C)[C@H](NCCOc1cc(C(F)(F)F)ccc1-c1cc(=O)c2cccc(Cl)c2o1)C(=O)O. The minimum Gasteiger partial charge on any atom is -0.491 e. The van der Waals surface area contributed by atoms with Gasteiger partial charge >= 0.3 is 12.1 Å². The van der Waals surface area contributed by atoms with E-state index in [0.717, 1.165) is 24.3 Å². The Morgan fingerprint density at radius 3 is 2.58 bits per heavy atom. The second-order valence-electron chi connectivity index (χ2n) is 7.66. The highest BCUT2D eigenvalue weighted by atomic mass is 35.5. The summed E-state index contributed by atoms with van der Waals surface area (Å²) in [4.78, 5) is 23.8. The first kappa shape index (κ1) is 24.6. The molecule has 0 bridgehead atoms. The van der Waals surface area contributed by atoms with Crippen molar-refractivity contribution < 1.29 is 32.2 Å². The van der Waals surface area contributed by atoms with E-state index in [-0.39, 0.29) is 52.1 Å². The van der Waals surface area contributed by atoms with Crippen molar-refractivity contribution in [2.75, 3.05) is 13.2 Å². The van der Waals surface area contributed by atoms with Crippen LogP contribution in [0.1, 0.15) is 19.4 Å². The van der Waals surface area contributed by atoms with Crippen LogP contribution in [0.2, 0.25) is 5.02 Å². The highest BCUT2D eigenvalue weighted by molar-refractivity contribution is 6.34. The van der Waals surface area contributed by atoms with Gasteiger partial charge in [0.05, 0.1) is 21.5 Å². The van der Waals surface area contributed by atoms with Gasteiger partial charge in [0, 0.05) is 12.6 Å². The molecule has 0 amide bonds. The quantitative estimate of drug-likeness (QED) is 0.428. The second kappa shape index (κ2) is 9.84. The maximum absolute atomic E-state index is 13.3. The van der Waals surface area contributed by atoms with E-state index in [1.54, 1.807) is 19.9 Å². The van der Waals surface area contributed by atoms with E-state index < -0.39 is 29.2 Å². The van der Waals surface area contributed by atoms with Crippen molar-refractivity contribution in [3.05, 3.63) is 63.3 Å². The van der Waals surface area contributed by atoms with Gasteiger partial charge in [-0.25, -0.2) is 0 Å². The number of halogens is 4. The third kappa shape index (κ3) is 5.66. The zero-order valence-corrected chi connectivity index (χ0v) is 18.5. The monoisotopic (exact) mass is 483 g/mol. The van der Waals surface area contributed by atoms with Crippen LogP contribution in [-0.2, 0) is 11.0 Å². The molecule has 1 aromatic heterocycles. The maximum Gasteiger partial charge on any atom is 0.416 e. The van der Waals surface area contributed by atoms with Crippen molar-refractivity contribution in [2.24, 2.45) is 5.92 Å². The first-order valence-electron chi connectivity index (χ1n) is 10.0. The maximum atomic E-state index is 13.3. The molecular formula is C23H21ClF3NO5. The highest BCUT2D eigenvalue weighted by Gasteiger charge is 2.32. The van der Waals surface area contributed by atoms with Gasteiger partial charge in [-0.3, -0.25) is 9.59 Å². The summed E-state index contributed by atoms with van der Waals surface area (Å²) >= 11 is 6.13. The third-order valence-electron chi connectivity index (χ3n) is 4.94. The minimum atomic E-state index is -4.62. The van der Waals surface area contributed by atoms with E-state index in [1.165, 1.54) is 12.1 Å². The van der Waals surface area contributed by atoms with Gasteiger partial charge < -0.3 is 19.6 Å². The number of carboxylic acid groups (broad SMARTS) is 1. The Morgan fingerprint density at radius 2 is 1.94 bits per heavy atom. The van der Waals surface area contributed by atoms with Gasteiger partial charge in [-0.05, 0) is 36.2 Å². The van der Waals surface area contributed by atoms with Crippen LogP contribution in [0.15, 0.2) is 51.7 Å². The summed E-state index contributed by atoms with van der Waals surface area (Å²) in [6, 6.07) is 7.78. The summed E-state index contributed by atoms with van der Waals surface area (Å²) in [7, 11) is 0. The minimum absolute atomic E-state index is 0.0112. The molecule has 0 aliphatic carbocycles. The zero-order chi connectivity index (χ0) is 24.3. The molecule has 176 valence electrons. The summed E-state index contributed by atoms with van der Waals surface area (Å²) < 4.78 is 51.1. The Morgan fingerprint density at radius 1 is 1.21 bits per heavy atom. The Bertz CT molecular complexity index is 1220. The summed E-state index contributed by atoms with van der Waals surface area (Å²) in [5.41, 5.74) is -1.13. The number of nitrogens with one attached hydrogen (secondary N) is 1.